The average molecular weight is 354 g/mol. The number of likely N-dealkylation sites (N-methyl/N-ethyl adjacent to an activating group) is 1. The van der Waals surface area contributed by atoms with Crippen molar-refractivity contribution < 1.29 is 9.53 Å². The number of hydrogen-bond donors (Lipinski definition) is 1. The zero-order valence-electron chi connectivity index (χ0n) is 14.8. The summed E-state index contributed by atoms with van der Waals surface area (Å²) in [6.07, 6.45) is 1.54. The number of nitrogens with one attached hydrogen (secondary N) is 1. The zero-order valence-corrected chi connectivity index (χ0v) is 15.6. The summed E-state index contributed by atoms with van der Waals surface area (Å²) in [7, 11) is 2.12. The third kappa shape index (κ3) is 5.36. The molecule has 0 radical (unpaired) electrons. The van der Waals surface area contributed by atoms with Gasteiger partial charge in [-0.1, -0.05) is 24.9 Å². The summed E-state index contributed by atoms with van der Waals surface area (Å²) in [5.74, 6) is -0.135. The highest BCUT2D eigenvalue weighted by Gasteiger charge is 2.20. The van der Waals surface area contributed by atoms with Gasteiger partial charge in [0.25, 0.3) is 5.91 Å². The molecule has 0 saturated carbocycles. The fourth-order valence-electron chi connectivity index (χ4n) is 2.65. The number of carbonyl (C=O) groups is 1. The quantitative estimate of drug-likeness (QED) is 0.764. The van der Waals surface area contributed by atoms with Gasteiger partial charge in [-0.05, 0) is 38.6 Å². The first-order valence-corrected chi connectivity index (χ1v) is 9.04. The number of carbonyl (C=O) groups excluding carboxylic acids is 1. The maximum Gasteiger partial charge on any atom is 0.253 e. The number of benzene rings is 1. The van der Waals surface area contributed by atoms with Crippen LogP contribution in [0.4, 0.5) is 11.4 Å². The molecule has 5 nitrogen and oxygen atoms in total. The van der Waals surface area contributed by atoms with E-state index in [2.05, 4.69) is 29.1 Å². The number of hydrogen-bond acceptors (Lipinski definition) is 4. The molecular weight excluding hydrogens is 326 g/mol. The summed E-state index contributed by atoms with van der Waals surface area (Å²) in [4.78, 5) is 17.0. The molecule has 1 aliphatic rings. The van der Waals surface area contributed by atoms with Crippen LogP contribution < -0.4 is 10.2 Å². The molecule has 1 aromatic rings. The van der Waals surface area contributed by atoms with Crippen LogP contribution >= 0.6 is 11.6 Å². The average Bonchev–Trinajstić information content (AvgIpc) is 2.56. The van der Waals surface area contributed by atoms with Gasteiger partial charge in [0.05, 0.1) is 11.4 Å². The third-order valence-electron chi connectivity index (χ3n) is 4.30. The first kappa shape index (κ1) is 19.0. The van der Waals surface area contributed by atoms with Gasteiger partial charge in [0.1, 0.15) is 6.10 Å². The first-order valence-electron chi connectivity index (χ1n) is 8.66. The summed E-state index contributed by atoms with van der Waals surface area (Å²) in [6, 6.07) is 5.66. The lowest BCUT2D eigenvalue weighted by molar-refractivity contribution is -0.126. The van der Waals surface area contributed by atoms with Crippen molar-refractivity contribution in [2.75, 3.05) is 50.1 Å². The van der Waals surface area contributed by atoms with Gasteiger partial charge in [-0.3, -0.25) is 4.79 Å². The van der Waals surface area contributed by atoms with E-state index in [9.17, 15) is 4.79 Å². The topological polar surface area (TPSA) is 44.8 Å². The summed E-state index contributed by atoms with van der Waals surface area (Å²) in [5, 5.41) is 3.60. The summed E-state index contributed by atoms with van der Waals surface area (Å²) >= 11 is 6.14. The molecule has 1 aliphatic heterocycles. The maximum absolute atomic E-state index is 12.4. The Morgan fingerprint density at radius 2 is 2.04 bits per heavy atom. The minimum atomic E-state index is -0.476. The van der Waals surface area contributed by atoms with Crippen molar-refractivity contribution in [1.82, 2.24) is 4.90 Å². The fraction of sp³-hybridized carbons (Fsp3) is 0.611. The van der Waals surface area contributed by atoms with Crippen LogP contribution in [-0.4, -0.2) is 56.7 Å². The van der Waals surface area contributed by atoms with Gasteiger partial charge in [-0.15, -0.1) is 0 Å². The highest BCUT2D eigenvalue weighted by molar-refractivity contribution is 6.31. The predicted octanol–water partition coefficient (Wildman–Crippen LogP) is 3.24. The molecule has 1 N–H and O–H groups in total. The Labute approximate surface area is 149 Å². The molecule has 134 valence electrons. The second kappa shape index (κ2) is 9.25. The van der Waals surface area contributed by atoms with E-state index in [1.807, 2.05) is 18.2 Å². The van der Waals surface area contributed by atoms with Gasteiger partial charge in [-0.25, -0.2) is 0 Å². The Morgan fingerprint density at radius 3 is 2.71 bits per heavy atom. The minimum absolute atomic E-state index is 0.135. The number of anilines is 2. The van der Waals surface area contributed by atoms with Crippen LogP contribution in [0.5, 0.6) is 0 Å². The zero-order chi connectivity index (χ0) is 17.5. The number of nitrogens with zero attached hydrogens (tertiary/aromatic N) is 2. The molecule has 0 aliphatic carbocycles. The standard InChI is InChI=1S/C18H28ClN3O2/c1-4-5-12-24-14(2)18(23)20-16-13-15(19)6-7-17(16)22-10-8-21(3)9-11-22/h6-7,13-14H,4-5,8-12H2,1-3H3,(H,20,23). The molecule has 1 amide bonds. The molecule has 1 atom stereocenters. The Balaban J connectivity index is 2.05. The number of unbranched alkanes of at least 4 members (excludes halogenated alkanes) is 1. The Morgan fingerprint density at radius 1 is 1.33 bits per heavy atom. The SMILES string of the molecule is CCCCOC(C)C(=O)Nc1cc(Cl)ccc1N1CCN(C)CC1. The van der Waals surface area contributed by atoms with E-state index < -0.39 is 6.10 Å². The molecule has 0 spiro atoms. The van der Waals surface area contributed by atoms with E-state index in [-0.39, 0.29) is 5.91 Å². The van der Waals surface area contributed by atoms with Gasteiger partial charge in [0.15, 0.2) is 0 Å². The van der Waals surface area contributed by atoms with Gasteiger partial charge in [-0.2, -0.15) is 0 Å². The molecule has 2 rings (SSSR count). The number of rotatable bonds is 7. The van der Waals surface area contributed by atoms with Gasteiger partial charge in [0, 0.05) is 37.8 Å². The second-order valence-corrected chi connectivity index (χ2v) is 6.74. The Kier molecular flexibility index (Phi) is 7.34. The number of ether oxygens (including phenoxy) is 1. The molecule has 1 saturated heterocycles. The maximum atomic E-state index is 12.4. The highest BCUT2D eigenvalue weighted by Crippen LogP contribution is 2.30. The third-order valence-corrected chi connectivity index (χ3v) is 4.53. The molecule has 0 bridgehead atoms. The van der Waals surface area contributed by atoms with Crippen molar-refractivity contribution in [3.8, 4) is 0 Å². The van der Waals surface area contributed by atoms with Crippen LogP contribution in [0.2, 0.25) is 5.02 Å². The molecule has 0 aromatic heterocycles. The smallest absolute Gasteiger partial charge is 0.253 e. The summed E-state index contributed by atoms with van der Waals surface area (Å²) < 4.78 is 5.58. The van der Waals surface area contributed by atoms with Crippen LogP contribution in [0.3, 0.4) is 0 Å². The normalized spacial score (nSPS) is 16.9. The van der Waals surface area contributed by atoms with E-state index in [0.717, 1.165) is 50.4 Å². The van der Waals surface area contributed by atoms with Crippen molar-refractivity contribution in [2.24, 2.45) is 0 Å². The second-order valence-electron chi connectivity index (χ2n) is 6.31. The summed E-state index contributed by atoms with van der Waals surface area (Å²) in [6.45, 7) is 8.37. The fourth-order valence-corrected chi connectivity index (χ4v) is 2.82. The van der Waals surface area contributed by atoms with Crippen LogP contribution in [0.15, 0.2) is 18.2 Å². The summed E-state index contributed by atoms with van der Waals surface area (Å²) in [5.41, 5.74) is 1.77. The number of amides is 1. The van der Waals surface area contributed by atoms with Crippen molar-refractivity contribution in [3.05, 3.63) is 23.2 Å². The van der Waals surface area contributed by atoms with Gasteiger partial charge >= 0.3 is 0 Å². The Hall–Kier alpha value is -1.30. The lowest BCUT2D eigenvalue weighted by Crippen LogP contribution is -2.44. The van der Waals surface area contributed by atoms with E-state index in [4.69, 9.17) is 16.3 Å². The van der Waals surface area contributed by atoms with Crippen molar-refractivity contribution >= 4 is 28.9 Å². The van der Waals surface area contributed by atoms with Crippen LogP contribution in [-0.2, 0) is 9.53 Å². The van der Waals surface area contributed by atoms with Crippen molar-refractivity contribution in [2.45, 2.75) is 32.8 Å². The molecule has 1 fully saturated rings. The molecule has 1 heterocycles. The lowest BCUT2D eigenvalue weighted by atomic mass is 10.2. The number of piperazine rings is 1. The van der Waals surface area contributed by atoms with Gasteiger partial charge in [0.2, 0.25) is 0 Å². The molecule has 6 heteroatoms. The lowest BCUT2D eigenvalue weighted by Gasteiger charge is -2.35. The van der Waals surface area contributed by atoms with Gasteiger partial charge < -0.3 is 19.9 Å². The molecule has 1 unspecified atom stereocenters. The first-order chi connectivity index (χ1) is 11.5. The Bertz CT molecular complexity index is 545. The number of halogens is 1. The minimum Gasteiger partial charge on any atom is -0.369 e. The molecular formula is C18H28ClN3O2. The largest absolute Gasteiger partial charge is 0.369 e. The van der Waals surface area contributed by atoms with E-state index >= 15 is 0 Å². The molecule has 1 aromatic carbocycles. The van der Waals surface area contributed by atoms with E-state index in [1.54, 1.807) is 6.92 Å². The molecule has 24 heavy (non-hydrogen) atoms. The predicted molar refractivity (Wildman–Crippen MR) is 100 cm³/mol. The van der Waals surface area contributed by atoms with Crippen molar-refractivity contribution in [1.29, 1.82) is 0 Å². The monoisotopic (exact) mass is 353 g/mol. The van der Waals surface area contributed by atoms with Crippen LogP contribution in [0.1, 0.15) is 26.7 Å². The van der Waals surface area contributed by atoms with Crippen LogP contribution in [0.25, 0.3) is 0 Å². The van der Waals surface area contributed by atoms with E-state index in [0.29, 0.717) is 11.6 Å². The van der Waals surface area contributed by atoms with Crippen molar-refractivity contribution in [3.63, 3.8) is 0 Å². The highest BCUT2D eigenvalue weighted by atomic mass is 35.5. The van der Waals surface area contributed by atoms with Crippen LogP contribution in [0, 0.1) is 0 Å². The van der Waals surface area contributed by atoms with E-state index in [1.165, 1.54) is 0 Å².